The van der Waals surface area contributed by atoms with Crippen molar-refractivity contribution in [2.24, 2.45) is 0 Å². The number of unbranched alkanes of at least 4 members (excludes halogenated alkanes) is 5. The van der Waals surface area contributed by atoms with E-state index in [1.807, 2.05) is 0 Å². The number of hydrogen-bond acceptors (Lipinski definition) is 1. The molecule has 0 aliphatic rings. The van der Waals surface area contributed by atoms with Crippen molar-refractivity contribution in [3.63, 3.8) is 0 Å². The van der Waals surface area contributed by atoms with Gasteiger partial charge in [0, 0.05) is 6.42 Å². The molecule has 0 bridgehead atoms. The van der Waals surface area contributed by atoms with Gasteiger partial charge in [0.1, 0.15) is 13.2 Å². The summed E-state index contributed by atoms with van der Waals surface area (Å²) >= 11 is 0. The van der Waals surface area contributed by atoms with Crippen LogP contribution < -0.4 is 0 Å². The third-order valence-electron chi connectivity index (χ3n) is 1.55. The summed E-state index contributed by atoms with van der Waals surface area (Å²) in [7, 11) is 3.16. The third kappa shape index (κ3) is 9.36. The van der Waals surface area contributed by atoms with E-state index < -0.39 is 0 Å². The summed E-state index contributed by atoms with van der Waals surface area (Å²) in [4.78, 5) is 0. The Kier molecular flexibility index (Phi) is 8.82. The van der Waals surface area contributed by atoms with E-state index in [0.717, 1.165) is 6.42 Å². The standard InChI is InChI=1S/C10H17O/c1-3-4-5-6-7-8-9-10-11-2/h2-8H2,1H3. The molecule has 0 aliphatic heterocycles. The van der Waals surface area contributed by atoms with Crippen molar-refractivity contribution in [2.45, 2.75) is 45.4 Å². The van der Waals surface area contributed by atoms with Gasteiger partial charge >= 0.3 is 0 Å². The predicted octanol–water partition coefficient (Wildman–Crippen LogP) is 3.12. The molecule has 0 saturated heterocycles. The SMILES string of the molecule is [CH2]OC#CCCCCCCC. The van der Waals surface area contributed by atoms with Crippen molar-refractivity contribution in [3.8, 4) is 12.0 Å². The highest BCUT2D eigenvalue weighted by Gasteiger charge is 1.85. The Morgan fingerprint density at radius 2 is 1.91 bits per heavy atom. The van der Waals surface area contributed by atoms with Gasteiger partial charge in [-0.3, -0.25) is 0 Å². The Hall–Kier alpha value is -0.640. The summed E-state index contributed by atoms with van der Waals surface area (Å²) in [6.45, 7) is 2.22. The zero-order valence-electron chi connectivity index (χ0n) is 7.36. The molecule has 0 amide bonds. The fourth-order valence-corrected chi connectivity index (χ4v) is 0.919. The van der Waals surface area contributed by atoms with Crippen molar-refractivity contribution < 1.29 is 4.74 Å². The van der Waals surface area contributed by atoms with Crippen molar-refractivity contribution in [2.75, 3.05) is 0 Å². The normalized spacial score (nSPS) is 8.55. The summed E-state index contributed by atoms with van der Waals surface area (Å²) in [6, 6.07) is 0. The summed E-state index contributed by atoms with van der Waals surface area (Å²) in [5, 5.41) is 0. The van der Waals surface area contributed by atoms with E-state index in [4.69, 9.17) is 0 Å². The first-order chi connectivity index (χ1) is 5.41. The maximum absolute atomic E-state index is 4.36. The van der Waals surface area contributed by atoms with E-state index in [0.29, 0.717) is 0 Å². The van der Waals surface area contributed by atoms with Crippen LogP contribution in [0, 0.1) is 19.1 Å². The van der Waals surface area contributed by atoms with Gasteiger partial charge in [0.15, 0.2) is 0 Å². The summed E-state index contributed by atoms with van der Waals surface area (Å²) in [5.41, 5.74) is 0. The molecule has 0 saturated carbocycles. The molecule has 1 heteroatoms. The molecule has 0 aromatic carbocycles. The van der Waals surface area contributed by atoms with Gasteiger partial charge in [-0.2, -0.15) is 0 Å². The molecule has 0 atom stereocenters. The lowest BCUT2D eigenvalue weighted by Gasteiger charge is -1.93. The Balaban J connectivity index is 2.90. The van der Waals surface area contributed by atoms with Crippen molar-refractivity contribution in [1.29, 1.82) is 0 Å². The molecular formula is C10H17O. The van der Waals surface area contributed by atoms with E-state index in [1.54, 1.807) is 0 Å². The van der Waals surface area contributed by atoms with Crippen LogP contribution in [0.3, 0.4) is 0 Å². The molecule has 0 unspecified atom stereocenters. The lowest BCUT2D eigenvalue weighted by atomic mass is 10.1. The molecule has 0 spiro atoms. The Labute approximate surface area is 70.1 Å². The second-order valence-corrected chi connectivity index (χ2v) is 2.59. The van der Waals surface area contributed by atoms with Crippen LogP contribution in [0.4, 0.5) is 0 Å². The minimum atomic E-state index is 0.944. The molecule has 0 aromatic rings. The van der Waals surface area contributed by atoms with Crippen LogP contribution in [0.5, 0.6) is 0 Å². The minimum absolute atomic E-state index is 0.944. The van der Waals surface area contributed by atoms with Crippen LogP contribution in [-0.4, -0.2) is 0 Å². The maximum atomic E-state index is 4.36. The lowest BCUT2D eigenvalue weighted by Crippen LogP contribution is -1.76. The molecule has 11 heavy (non-hydrogen) atoms. The first-order valence-electron chi connectivity index (χ1n) is 4.30. The van der Waals surface area contributed by atoms with Gasteiger partial charge in [0.25, 0.3) is 0 Å². The Bertz CT molecular complexity index is 119. The molecule has 63 valence electrons. The van der Waals surface area contributed by atoms with E-state index in [9.17, 15) is 0 Å². The van der Waals surface area contributed by atoms with Gasteiger partial charge in [-0.1, -0.05) is 38.5 Å². The fraction of sp³-hybridized carbons (Fsp3) is 0.700. The van der Waals surface area contributed by atoms with Gasteiger partial charge < -0.3 is 4.74 Å². The van der Waals surface area contributed by atoms with E-state index in [-0.39, 0.29) is 0 Å². The second-order valence-electron chi connectivity index (χ2n) is 2.59. The van der Waals surface area contributed by atoms with Crippen LogP contribution in [-0.2, 0) is 4.74 Å². The van der Waals surface area contributed by atoms with Gasteiger partial charge in [0.2, 0.25) is 0 Å². The maximum Gasteiger partial charge on any atom is 0.135 e. The molecule has 0 fully saturated rings. The average Bonchev–Trinajstić information content (AvgIpc) is 2.03. The molecule has 0 N–H and O–H groups in total. The summed E-state index contributed by atoms with van der Waals surface area (Å²) in [5.74, 6) is 2.88. The number of hydrogen-bond donors (Lipinski definition) is 0. The Morgan fingerprint density at radius 1 is 1.18 bits per heavy atom. The van der Waals surface area contributed by atoms with E-state index in [2.05, 4.69) is 30.8 Å². The minimum Gasteiger partial charge on any atom is -0.443 e. The van der Waals surface area contributed by atoms with E-state index >= 15 is 0 Å². The molecule has 0 heterocycles. The highest BCUT2D eigenvalue weighted by molar-refractivity contribution is 4.90. The quantitative estimate of drug-likeness (QED) is 0.435. The first-order valence-corrected chi connectivity index (χ1v) is 4.30. The zero-order valence-corrected chi connectivity index (χ0v) is 7.36. The van der Waals surface area contributed by atoms with Gasteiger partial charge in [0.05, 0.1) is 0 Å². The van der Waals surface area contributed by atoms with Crippen LogP contribution in [0.15, 0.2) is 0 Å². The van der Waals surface area contributed by atoms with Crippen molar-refractivity contribution in [3.05, 3.63) is 7.11 Å². The highest BCUT2D eigenvalue weighted by atomic mass is 16.5. The highest BCUT2D eigenvalue weighted by Crippen LogP contribution is 2.03. The van der Waals surface area contributed by atoms with E-state index in [1.165, 1.54) is 32.1 Å². The van der Waals surface area contributed by atoms with Gasteiger partial charge in [-0.05, 0) is 6.42 Å². The average molecular weight is 153 g/mol. The largest absolute Gasteiger partial charge is 0.443 e. The van der Waals surface area contributed by atoms with Gasteiger partial charge in [-0.15, -0.1) is 0 Å². The first kappa shape index (κ1) is 10.4. The topological polar surface area (TPSA) is 9.23 Å². The predicted molar refractivity (Wildman–Crippen MR) is 47.6 cm³/mol. The molecule has 0 aromatic heterocycles. The molecule has 1 nitrogen and oxygen atoms in total. The smallest absolute Gasteiger partial charge is 0.135 e. The van der Waals surface area contributed by atoms with Crippen LogP contribution in [0.1, 0.15) is 45.4 Å². The molecule has 1 radical (unpaired) electrons. The number of rotatable bonds is 5. The third-order valence-corrected chi connectivity index (χ3v) is 1.55. The van der Waals surface area contributed by atoms with Gasteiger partial charge in [-0.25, -0.2) is 0 Å². The Morgan fingerprint density at radius 3 is 2.55 bits per heavy atom. The van der Waals surface area contributed by atoms with Crippen LogP contribution >= 0.6 is 0 Å². The van der Waals surface area contributed by atoms with Crippen molar-refractivity contribution >= 4 is 0 Å². The molecular weight excluding hydrogens is 136 g/mol. The van der Waals surface area contributed by atoms with Crippen LogP contribution in [0.25, 0.3) is 0 Å². The van der Waals surface area contributed by atoms with Crippen molar-refractivity contribution in [1.82, 2.24) is 0 Å². The number of ether oxygens (including phenoxy) is 1. The fourth-order valence-electron chi connectivity index (χ4n) is 0.919. The second kappa shape index (κ2) is 9.36. The molecule has 0 aliphatic carbocycles. The summed E-state index contributed by atoms with van der Waals surface area (Å²) < 4.78 is 4.36. The monoisotopic (exact) mass is 153 g/mol. The molecule has 0 rings (SSSR count). The lowest BCUT2D eigenvalue weighted by molar-refractivity contribution is 0.430. The summed E-state index contributed by atoms with van der Waals surface area (Å²) in [6.07, 6.45) is 9.89. The van der Waals surface area contributed by atoms with Crippen LogP contribution in [0.2, 0.25) is 0 Å². The zero-order chi connectivity index (χ0) is 8.36.